The van der Waals surface area contributed by atoms with Crippen molar-refractivity contribution in [1.82, 2.24) is 19.7 Å². The van der Waals surface area contributed by atoms with Crippen LogP contribution >= 0.6 is 11.6 Å². The van der Waals surface area contributed by atoms with Gasteiger partial charge >= 0.3 is 0 Å². The van der Waals surface area contributed by atoms with Crippen molar-refractivity contribution in [2.75, 3.05) is 0 Å². The van der Waals surface area contributed by atoms with Gasteiger partial charge in [0.25, 0.3) is 0 Å². The van der Waals surface area contributed by atoms with E-state index in [9.17, 15) is 0 Å². The number of nitrogens with zero attached hydrogens (tertiary/aromatic N) is 4. The quantitative estimate of drug-likeness (QED) is 0.661. The molecular formula is C12H9ClN4. The average Bonchev–Trinajstić information content (AvgIpc) is 2.76. The molecule has 0 amide bonds. The number of fused-ring (bicyclic) bond motifs is 1. The summed E-state index contributed by atoms with van der Waals surface area (Å²) < 4.78 is 1.74. The smallest absolute Gasteiger partial charge is 0.0755 e. The van der Waals surface area contributed by atoms with Gasteiger partial charge in [0.05, 0.1) is 22.4 Å². The molecule has 0 aliphatic heterocycles. The van der Waals surface area contributed by atoms with E-state index in [0.29, 0.717) is 5.02 Å². The highest BCUT2D eigenvalue weighted by Crippen LogP contribution is 2.24. The second kappa shape index (κ2) is 3.82. The number of hydrogen-bond acceptors (Lipinski definition) is 3. The zero-order valence-electron chi connectivity index (χ0n) is 9.13. The minimum Gasteiger partial charge on any atom is -0.275 e. The molecule has 17 heavy (non-hydrogen) atoms. The van der Waals surface area contributed by atoms with Gasteiger partial charge in [-0.2, -0.15) is 5.10 Å². The Balaban J connectivity index is 2.20. The first-order valence-corrected chi connectivity index (χ1v) is 5.51. The third kappa shape index (κ3) is 1.76. The first kappa shape index (κ1) is 10.2. The maximum atomic E-state index is 6.06. The summed E-state index contributed by atoms with van der Waals surface area (Å²) in [6.07, 6.45) is 7.13. The van der Waals surface area contributed by atoms with Crippen molar-refractivity contribution in [3.8, 4) is 11.3 Å². The monoisotopic (exact) mass is 244 g/mol. The van der Waals surface area contributed by atoms with Crippen molar-refractivity contribution >= 4 is 22.5 Å². The summed E-state index contributed by atoms with van der Waals surface area (Å²) in [7, 11) is 1.87. The minimum absolute atomic E-state index is 0.667. The molecule has 3 heterocycles. The predicted octanol–water partition coefficient (Wildman–Crippen LogP) is 2.68. The van der Waals surface area contributed by atoms with Crippen LogP contribution in [0, 0.1) is 0 Å². The zero-order valence-corrected chi connectivity index (χ0v) is 9.89. The number of pyridine rings is 2. The Morgan fingerprint density at radius 2 is 2.12 bits per heavy atom. The van der Waals surface area contributed by atoms with Crippen LogP contribution < -0.4 is 0 Å². The Morgan fingerprint density at radius 3 is 2.88 bits per heavy atom. The van der Waals surface area contributed by atoms with Crippen molar-refractivity contribution < 1.29 is 0 Å². The Bertz CT molecular complexity index is 690. The first-order valence-electron chi connectivity index (χ1n) is 5.13. The van der Waals surface area contributed by atoms with Crippen LogP contribution in [0.2, 0.25) is 5.02 Å². The Labute approximate surface area is 103 Å². The van der Waals surface area contributed by atoms with Crippen LogP contribution in [-0.4, -0.2) is 19.7 Å². The highest BCUT2D eigenvalue weighted by atomic mass is 35.5. The Morgan fingerprint density at radius 1 is 1.24 bits per heavy atom. The van der Waals surface area contributed by atoms with Crippen molar-refractivity contribution in [2.45, 2.75) is 0 Å². The second-order valence-corrected chi connectivity index (χ2v) is 4.19. The lowest BCUT2D eigenvalue weighted by Gasteiger charge is -2.01. The summed E-state index contributed by atoms with van der Waals surface area (Å²) in [6.45, 7) is 0. The maximum Gasteiger partial charge on any atom is 0.0755 e. The third-order valence-corrected chi connectivity index (χ3v) is 2.90. The molecule has 84 valence electrons. The summed E-state index contributed by atoms with van der Waals surface area (Å²) in [5, 5.41) is 5.65. The average molecular weight is 245 g/mol. The molecule has 0 aliphatic carbocycles. The van der Waals surface area contributed by atoms with E-state index in [0.717, 1.165) is 22.2 Å². The largest absolute Gasteiger partial charge is 0.275 e. The number of aromatic nitrogens is 4. The van der Waals surface area contributed by atoms with Gasteiger partial charge in [0.15, 0.2) is 0 Å². The summed E-state index contributed by atoms with van der Waals surface area (Å²) in [4.78, 5) is 8.66. The fraction of sp³-hybridized carbons (Fsp3) is 0.0833. The van der Waals surface area contributed by atoms with Crippen LogP contribution in [0.3, 0.4) is 0 Å². The summed E-state index contributed by atoms with van der Waals surface area (Å²) in [6, 6.07) is 3.67. The number of hydrogen-bond donors (Lipinski definition) is 0. The lowest BCUT2D eigenvalue weighted by molar-refractivity contribution is 0.768. The fourth-order valence-electron chi connectivity index (χ4n) is 1.72. The minimum atomic E-state index is 0.667. The second-order valence-electron chi connectivity index (χ2n) is 3.78. The highest BCUT2D eigenvalue weighted by molar-refractivity contribution is 6.35. The van der Waals surface area contributed by atoms with E-state index < -0.39 is 0 Å². The van der Waals surface area contributed by atoms with Crippen LogP contribution in [0.25, 0.3) is 22.2 Å². The summed E-state index contributed by atoms with van der Waals surface area (Å²) >= 11 is 6.06. The first-order chi connectivity index (χ1) is 8.24. The molecule has 0 saturated heterocycles. The van der Waals surface area contributed by atoms with Gasteiger partial charge in [0, 0.05) is 36.6 Å². The van der Waals surface area contributed by atoms with Gasteiger partial charge in [-0.05, 0) is 12.1 Å². The van der Waals surface area contributed by atoms with Crippen molar-refractivity contribution in [1.29, 1.82) is 0 Å². The summed E-state index contributed by atoms with van der Waals surface area (Å²) in [5.41, 5.74) is 2.66. The Kier molecular flexibility index (Phi) is 2.30. The molecule has 0 unspecified atom stereocenters. The molecule has 3 aromatic rings. The van der Waals surface area contributed by atoms with Crippen molar-refractivity contribution in [3.05, 3.63) is 41.9 Å². The van der Waals surface area contributed by atoms with E-state index >= 15 is 0 Å². The standard InChI is InChI=1S/C12H9ClN4/c1-17-7-8(5-16-17)11-4-12-9(6-15-11)10(13)2-3-14-12/h2-7H,1H3. The van der Waals surface area contributed by atoms with Gasteiger partial charge in [-0.1, -0.05) is 11.6 Å². The van der Waals surface area contributed by atoms with E-state index in [1.165, 1.54) is 0 Å². The van der Waals surface area contributed by atoms with E-state index in [2.05, 4.69) is 15.1 Å². The molecule has 0 radical (unpaired) electrons. The molecule has 0 aromatic carbocycles. The van der Waals surface area contributed by atoms with E-state index in [-0.39, 0.29) is 0 Å². The number of rotatable bonds is 1. The topological polar surface area (TPSA) is 43.6 Å². The molecule has 0 atom stereocenters. The van der Waals surface area contributed by atoms with Gasteiger partial charge in [0.2, 0.25) is 0 Å². The molecule has 0 spiro atoms. The fourth-order valence-corrected chi connectivity index (χ4v) is 1.92. The molecule has 3 aromatic heterocycles. The van der Waals surface area contributed by atoms with Crippen LogP contribution in [0.5, 0.6) is 0 Å². The van der Waals surface area contributed by atoms with Crippen LogP contribution in [-0.2, 0) is 7.05 Å². The van der Waals surface area contributed by atoms with Gasteiger partial charge in [-0.25, -0.2) is 0 Å². The van der Waals surface area contributed by atoms with Crippen molar-refractivity contribution in [2.24, 2.45) is 7.05 Å². The van der Waals surface area contributed by atoms with Crippen LogP contribution in [0.4, 0.5) is 0 Å². The SMILES string of the molecule is Cn1cc(-c2cc3nccc(Cl)c3cn2)cn1. The third-order valence-electron chi connectivity index (χ3n) is 2.57. The Hall–Kier alpha value is -1.94. The van der Waals surface area contributed by atoms with Crippen molar-refractivity contribution in [3.63, 3.8) is 0 Å². The van der Waals surface area contributed by atoms with Crippen LogP contribution in [0.15, 0.2) is 36.9 Å². The number of aryl methyl sites for hydroxylation is 1. The maximum absolute atomic E-state index is 6.06. The molecule has 3 rings (SSSR count). The molecule has 5 heteroatoms. The molecular weight excluding hydrogens is 236 g/mol. The van der Waals surface area contributed by atoms with Gasteiger partial charge in [-0.3, -0.25) is 14.6 Å². The van der Waals surface area contributed by atoms with E-state index in [1.807, 2.05) is 19.3 Å². The van der Waals surface area contributed by atoms with Gasteiger partial charge < -0.3 is 0 Å². The molecule has 0 saturated carbocycles. The normalized spacial score (nSPS) is 10.9. The van der Waals surface area contributed by atoms with E-state index in [4.69, 9.17) is 11.6 Å². The van der Waals surface area contributed by atoms with E-state index in [1.54, 1.807) is 29.3 Å². The molecule has 0 bridgehead atoms. The molecule has 4 nitrogen and oxygen atoms in total. The molecule has 0 N–H and O–H groups in total. The lowest BCUT2D eigenvalue weighted by Crippen LogP contribution is -1.86. The number of halogens is 1. The van der Waals surface area contributed by atoms with Crippen LogP contribution in [0.1, 0.15) is 0 Å². The van der Waals surface area contributed by atoms with Gasteiger partial charge in [-0.15, -0.1) is 0 Å². The highest BCUT2D eigenvalue weighted by Gasteiger charge is 2.05. The molecule has 0 aliphatic rings. The van der Waals surface area contributed by atoms with Gasteiger partial charge in [0.1, 0.15) is 0 Å². The summed E-state index contributed by atoms with van der Waals surface area (Å²) in [5.74, 6) is 0. The molecule has 0 fully saturated rings. The zero-order chi connectivity index (χ0) is 11.8. The lowest BCUT2D eigenvalue weighted by atomic mass is 10.2. The predicted molar refractivity (Wildman–Crippen MR) is 66.8 cm³/mol.